The molecule has 12 nitrogen and oxygen atoms in total. The molecule has 51 heavy (non-hydrogen) atoms. The fraction of sp³-hybridized carbons (Fsp3) is 0.500. The highest BCUT2D eigenvalue weighted by molar-refractivity contribution is 7.89. The number of ether oxygens (including phenoxy) is 4. The lowest BCUT2D eigenvalue weighted by Gasteiger charge is -2.44. The standard InChI is InChI=1S/C38H50N6O6S/c1-6-29(38-39-41-42(3)40-38)23-31-24-34(30-11-13-32(48-5)14-12-30)37(25-44(31)51(45,46)33-15-8-27(2)9-16-33)50-26-28-10-17-36-35(22-28)43(19-21-49-36)18-7-20-47-4/h8-17,22,29,31,34,37H,6-7,18-21,23-26H2,1-5H3/t29-,31+,34-,37+/m1/s1. The largest absolute Gasteiger partial charge is 0.497 e. The monoisotopic (exact) mass is 718 g/mol. The lowest BCUT2D eigenvalue weighted by molar-refractivity contribution is -0.0217. The fourth-order valence-corrected chi connectivity index (χ4v) is 8.89. The first-order valence-electron chi connectivity index (χ1n) is 17.8. The Balaban J connectivity index is 1.33. The summed E-state index contributed by atoms with van der Waals surface area (Å²) in [6.07, 6.45) is 2.36. The summed E-state index contributed by atoms with van der Waals surface area (Å²) in [7, 11) is 1.23. The van der Waals surface area contributed by atoms with Crippen molar-refractivity contribution in [3.05, 3.63) is 89.2 Å². The van der Waals surface area contributed by atoms with Crippen LogP contribution in [-0.4, -0.2) is 92.1 Å². The predicted octanol–water partition coefficient (Wildman–Crippen LogP) is 5.48. The maximum Gasteiger partial charge on any atom is 0.243 e. The van der Waals surface area contributed by atoms with Gasteiger partial charge in [0.2, 0.25) is 10.0 Å². The molecule has 1 saturated heterocycles. The molecule has 3 aromatic carbocycles. The quantitative estimate of drug-likeness (QED) is 0.146. The fourth-order valence-electron chi connectivity index (χ4n) is 7.23. The molecule has 0 amide bonds. The molecule has 274 valence electrons. The van der Waals surface area contributed by atoms with Crippen LogP contribution in [0, 0.1) is 6.92 Å². The van der Waals surface area contributed by atoms with Crippen molar-refractivity contribution in [2.75, 3.05) is 52.0 Å². The molecule has 0 bridgehead atoms. The van der Waals surface area contributed by atoms with E-state index in [2.05, 4.69) is 45.4 Å². The average Bonchev–Trinajstić information content (AvgIpc) is 3.59. The Hall–Kier alpha value is -4.04. The second-order valence-electron chi connectivity index (χ2n) is 13.5. The van der Waals surface area contributed by atoms with Crippen LogP contribution in [0.25, 0.3) is 0 Å². The topological polar surface area (TPSA) is 121 Å². The number of fused-ring (bicyclic) bond motifs is 1. The van der Waals surface area contributed by atoms with E-state index in [1.165, 1.54) is 4.80 Å². The van der Waals surface area contributed by atoms with Crippen LogP contribution in [0.1, 0.15) is 67.0 Å². The Labute approximate surface area is 301 Å². The summed E-state index contributed by atoms with van der Waals surface area (Å²) in [5.74, 6) is 2.09. The molecular weight excluding hydrogens is 669 g/mol. The van der Waals surface area contributed by atoms with Crippen molar-refractivity contribution in [3.63, 3.8) is 0 Å². The normalized spacial score (nSPS) is 20.1. The number of nitrogens with zero attached hydrogens (tertiary/aromatic N) is 6. The molecule has 3 heterocycles. The molecule has 4 atom stereocenters. The highest BCUT2D eigenvalue weighted by Crippen LogP contribution is 2.41. The van der Waals surface area contributed by atoms with Gasteiger partial charge in [-0.3, -0.25) is 0 Å². The molecular formula is C38H50N6O6S. The Morgan fingerprint density at radius 1 is 1.04 bits per heavy atom. The van der Waals surface area contributed by atoms with Crippen LogP contribution in [0.15, 0.2) is 71.6 Å². The molecule has 0 spiro atoms. The molecule has 0 aliphatic carbocycles. The zero-order valence-electron chi connectivity index (χ0n) is 30.3. The van der Waals surface area contributed by atoms with Gasteiger partial charge in [0.1, 0.15) is 18.1 Å². The van der Waals surface area contributed by atoms with Crippen molar-refractivity contribution < 1.29 is 27.4 Å². The van der Waals surface area contributed by atoms with Gasteiger partial charge in [-0.15, -0.1) is 10.2 Å². The summed E-state index contributed by atoms with van der Waals surface area (Å²) in [4.78, 5) is 4.06. The van der Waals surface area contributed by atoms with Gasteiger partial charge in [0.15, 0.2) is 5.82 Å². The highest BCUT2D eigenvalue weighted by atomic mass is 32.2. The molecule has 0 radical (unpaired) electrons. The number of aryl methyl sites for hydroxylation is 2. The molecule has 1 aromatic heterocycles. The number of tetrazole rings is 1. The zero-order valence-corrected chi connectivity index (χ0v) is 31.1. The van der Waals surface area contributed by atoms with Crippen LogP contribution in [-0.2, 0) is 33.2 Å². The second-order valence-corrected chi connectivity index (χ2v) is 15.4. The van der Waals surface area contributed by atoms with Gasteiger partial charge in [0.05, 0.1) is 44.0 Å². The van der Waals surface area contributed by atoms with Gasteiger partial charge in [0, 0.05) is 44.7 Å². The van der Waals surface area contributed by atoms with Crippen molar-refractivity contribution in [1.29, 1.82) is 0 Å². The first-order valence-corrected chi connectivity index (χ1v) is 19.2. The molecule has 1 fully saturated rings. The molecule has 4 aromatic rings. The molecule has 0 saturated carbocycles. The summed E-state index contributed by atoms with van der Waals surface area (Å²) >= 11 is 0. The number of aromatic nitrogens is 4. The number of hydrogen-bond acceptors (Lipinski definition) is 10. The van der Waals surface area contributed by atoms with E-state index in [9.17, 15) is 8.42 Å². The van der Waals surface area contributed by atoms with Gasteiger partial charge in [-0.1, -0.05) is 42.8 Å². The van der Waals surface area contributed by atoms with E-state index in [1.807, 2.05) is 43.3 Å². The summed E-state index contributed by atoms with van der Waals surface area (Å²) in [6, 6.07) is 21.0. The third-order valence-corrected chi connectivity index (χ3v) is 12.0. The molecule has 0 N–H and O–H groups in total. The number of hydrogen-bond donors (Lipinski definition) is 0. The van der Waals surface area contributed by atoms with Crippen LogP contribution in [0.3, 0.4) is 0 Å². The van der Waals surface area contributed by atoms with E-state index in [0.29, 0.717) is 38.5 Å². The smallest absolute Gasteiger partial charge is 0.243 e. The first-order chi connectivity index (χ1) is 24.7. The molecule has 6 rings (SSSR count). The van der Waals surface area contributed by atoms with Crippen LogP contribution in [0.4, 0.5) is 5.69 Å². The van der Waals surface area contributed by atoms with Crippen molar-refractivity contribution in [2.45, 2.75) is 75.0 Å². The van der Waals surface area contributed by atoms with Crippen molar-refractivity contribution in [3.8, 4) is 11.5 Å². The van der Waals surface area contributed by atoms with Gasteiger partial charge in [0.25, 0.3) is 0 Å². The zero-order chi connectivity index (χ0) is 36.0. The summed E-state index contributed by atoms with van der Waals surface area (Å²) in [5, 5.41) is 12.9. The molecule has 13 heteroatoms. The number of methoxy groups -OCH3 is 2. The van der Waals surface area contributed by atoms with Gasteiger partial charge in [-0.2, -0.15) is 9.10 Å². The van der Waals surface area contributed by atoms with Crippen LogP contribution >= 0.6 is 0 Å². The minimum Gasteiger partial charge on any atom is -0.497 e. The van der Waals surface area contributed by atoms with E-state index in [4.69, 9.17) is 18.9 Å². The van der Waals surface area contributed by atoms with Crippen molar-refractivity contribution in [2.24, 2.45) is 7.05 Å². The van der Waals surface area contributed by atoms with Gasteiger partial charge in [-0.05, 0) is 85.3 Å². The molecule has 2 aliphatic heterocycles. The maximum absolute atomic E-state index is 14.5. The number of anilines is 1. The number of piperidine rings is 1. The Morgan fingerprint density at radius 2 is 1.82 bits per heavy atom. The number of rotatable bonds is 15. The first kappa shape index (κ1) is 36.7. The minimum absolute atomic E-state index is 0.0713. The van der Waals surface area contributed by atoms with Crippen LogP contribution < -0.4 is 14.4 Å². The average molecular weight is 719 g/mol. The summed E-state index contributed by atoms with van der Waals surface area (Å²) in [5.41, 5.74) is 4.12. The van der Waals surface area contributed by atoms with E-state index >= 15 is 0 Å². The second kappa shape index (κ2) is 16.5. The van der Waals surface area contributed by atoms with E-state index in [0.717, 1.165) is 59.8 Å². The maximum atomic E-state index is 14.5. The van der Waals surface area contributed by atoms with Crippen LogP contribution in [0.2, 0.25) is 0 Å². The van der Waals surface area contributed by atoms with E-state index < -0.39 is 16.1 Å². The van der Waals surface area contributed by atoms with E-state index in [-0.39, 0.29) is 29.3 Å². The third kappa shape index (κ3) is 8.54. The van der Waals surface area contributed by atoms with Crippen molar-refractivity contribution >= 4 is 15.7 Å². The van der Waals surface area contributed by atoms with E-state index in [1.54, 1.807) is 37.7 Å². The third-order valence-electron chi connectivity index (χ3n) is 10.1. The SMILES string of the molecule is CC[C@H](C[C@H]1C[C@H](c2ccc(OC)cc2)[C@@H](OCc2ccc3c(c2)N(CCCOC)CCO3)CN1S(=O)(=O)c1ccc(C)cc1)c1nnn(C)n1. The van der Waals surface area contributed by atoms with Gasteiger partial charge < -0.3 is 23.8 Å². The van der Waals surface area contributed by atoms with Gasteiger partial charge >= 0.3 is 0 Å². The number of sulfonamides is 1. The Kier molecular flexibility index (Phi) is 11.9. The summed E-state index contributed by atoms with van der Waals surface area (Å²) in [6.45, 7) is 7.55. The molecule has 0 unspecified atom stereocenters. The van der Waals surface area contributed by atoms with Gasteiger partial charge in [-0.25, -0.2) is 8.42 Å². The highest BCUT2D eigenvalue weighted by Gasteiger charge is 2.44. The predicted molar refractivity (Wildman–Crippen MR) is 195 cm³/mol. The lowest BCUT2D eigenvalue weighted by atomic mass is 9.81. The minimum atomic E-state index is -3.88. The lowest BCUT2D eigenvalue weighted by Crippen LogP contribution is -2.52. The molecule has 2 aliphatic rings. The Bertz CT molecular complexity index is 1830. The number of benzene rings is 3. The summed E-state index contributed by atoms with van der Waals surface area (Å²) < 4.78 is 54.3. The van der Waals surface area contributed by atoms with Crippen molar-refractivity contribution in [1.82, 2.24) is 24.5 Å². The van der Waals surface area contributed by atoms with Crippen LogP contribution in [0.5, 0.6) is 11.5 Å². The Morgan fingerprint density at radius 3 is 2.51 bits per heavy atom.